The quantitative estimate of drug-likeness (QED) is 0.710. The highest BCUT2D eigenvalue weighted by molar-refractivity contribution is 5.76. The molecule has 1 heterocycles. The molecule has 1 aromatic heterocycles. The first-order valence-corrected chi connectivity index (χ1v) is 10.1. The molecule has 1 aliphatic rings. The van der Waals surface area contributed by atoms with Crippen molar-refractivity contribution in [3.05, 3.63) is 35.7 Å². The van der Waals surface area contributed by atoms with E-state index in [1.807, 2.05) is 31.2 Å². The summed E-state index contributed by atoms with van der Waals surface area (Å²) in [6.07, 6.45) is 9.38. The van der Waals surface area contributed by atoms with E-state index in [1.54, 1.807) is 7.11 Å². The van der Waals surface area contributed by atoms with E-state index < -0.39 is 0 Å². The molecule has 0 atom stereocenters. The fraction of sp³-hybridized carbons (Fsp3) is 0.545. The lowest BCUT2D eigenvalue weighted by atomic mass is 10.1. The van der Waals surface area contributed by atoms with Gasteiger partial charge in [0.2, 0.25) is 11.8 Å². The van der Waals surface area contributed by atoms with Crippen LogP contribution in [-0.2, 0) is 11.2 Å². The van der Waals surface area contributed by atoms with Gasteiger partial charge in [-0.1, -0.05) is 31.7 Å². The zero-order valence-electron chi connectivity index (χ0n) is 16.4. The van der Waals surface area contributed by atoms with Gasteiger partial charge in [0.15, 0.2) is 0 Å². The van der Waals surface area contributed by atoms with E-state index in [9.17, 15) is 4.79 Å². The smallest absolute Gasteiger partial charge is 0.226 e. The summed E-state index contributed by atoms with van der Waals surface area (Å²) in [5, 5.41) is 3.21. The second kappa shape index (κ2) is 9.58. The molecule has 1 fully saturated rings. The normalized spacial score (nSPS) is 15.3. The number of aromatic nitrogens is 1. The summed E-state index contributed by atoms with van der Waals surface area (Å²) >= 11 is 0. The number of benzene rings is 1. The number of carbonyl (C=O) groups excluding carboxylic acids is 1. The molecule has 5 heteroatoms. The van der Waals surface area contributed by atoms with Crippen LogP contribution in [0.2, 0.25) is 0 Å². The first-order valence-electron chi connectivity index (χ1n) is 10.1. The maximum Gasteiger partial charge on any atom is 0.226 e. The molecule has 1 saturated carbocycles. The van der Waals surface area contributed by atoms with Gasteiger partial charge in [0, 0.05) is 18.0 Å². The van der Waals surface area contributed by atoms with Crippen molar-refractivity contribution < 1.29 is 13.9 Å². The number of carbonyl (C=O) groups is 1. The fourth-order valence-corrected chi connectivity index (χ4v) is 3.68. The SMILES string of the molecule is COc1cccc(-c2nc(CCCC(=O)NC3CCCCCC3)c(C)o2)c1. The van der Waals surface area contributed by atoms with Gasteiger partial charge in [-0.15, -0.1) is 0 Å². The van der Waals surface area contributed by atoms with Gasteiger partial charge in [0.1, 0.15) is 11.5 Å². The van der Waals surface area contributed by atoms with Crippen LogP contribution < -0.4 is 10.1 Å². The first kappa shape index (κ1) is 19.5. The fourth-order valence-electron chi connectivity index (χ4n) is 3.68. The minimum atomic E-state index is 0.163. The number of ether oxygens (including phenoxy) is 1. The maximum absolute atomic E-state index is 12.2. The Morgan fingerprint density at radius 2 is 2.04 bits per heavy atom. The van der Waals surface area contributed by atoms with E-state index in [1.165, 1.54) is 25.7 Å². The highest BCUT2D eigenvalue weighted by atomic mass is 16.5. The standard InChI is InChI=1S/C22H30N2O3/c1-16-20(24-22(27-16)17-9-7-12-19(15-17)26-2)13-8-14-21(25)23-18-10-5-3-4-6-11-18/h7,9,12,15,18H,3-6,8,10-11,13-14H2,1-2H3,(H,23,25). The van der Waals surface area contributed by atoms with Gasteiger partial charge in [-0.25, -0.2) is 4.98 Å². The lowest BCUT2D eigenvalue weighted by Gasteiger charge is -2.15. The van der Waals surface area contributed by atoms with Crippen LogP contribution in [0, 0.1) is 6.92 Å². The maximum atomic E-state index is 12.2. The minimum Gasteiger partial charge on any atom is -0.497 e. The third-order valence-corrected chi connectivity index (χ3v) is 5.25. The molecule has 0 aliphatic heterocycles. The Hall–Kier alpha value is -2.30. The second-order valence-electron chi connectivity index (χ2n) is 7.36. The summed E-state index contributed by atoms with van der Waals surface area (Å²) in [6.45, 7) is 1.93. The molecule has 0 spiro atoms. The largest absolute Gasteiger partial charge is 0.497 e. The number of nitrogens with one attached hydrogen (secondary N) is 1. The van der Waals surface area contributed by atoms with E-state index in [0.717, 1.165) is 48.5 Å². The van der Waals surface area contributed by atoms with E-state index in [4.69, 9.17) is 9.15 Å². The topological polar surface area (TPSA) is 64.4 Å². The van der Waals surface area contributed by atoms with E-state index in [-0.39, 0.29) is 5.91 Å². The van der Waals surface area contributed by atoms with Crippen LogP contribution in [-0.4, -0.2) is 24.0 Å². The zero-order chi connectivity index (χ0) is 19.1. The molecule has 1 aromatic carbocycles. The number of rotatable bonds is 7. The van der Waals surface area contributed by atoms with Crippen molar-refractivity contribution in [1.29, 1.82) is 0 Å². The van der Waals surface area contributed by atoms with Crippen molar-refractivity contribution in [3.63, 3.8) is 0 Å². The molecule has 0 bridgehead atoms. The molecule has 146 valence electrons. The highest BCUT2D eigenvalue weighted by Crippen LogP contribution is 2.26. The molecular weight excluding hydrogens is 340 g/mol. The van der Waals surface area contributed by atoms with Gasteiger partial charge in [-0.05, 0) is 50.8 Å². The van der Waals surface area contributed by atoms with Crippen molar-refractivity contribution in [2.24, 2.45) is 0 Å². The molecule has 1 N–H and O–H groups in total. The Balaban J connectivity index is 1.51. The summed E-state index contributed by atoms with van der Waals surface area (Å²) in [6, 6.07) is 8.05. The molecule has 3 rings (SSSR count). The molecule has 27 heavy (non-hydrogen) atoms. The molecular formula is C22H30N2O3. The Labute approximate surface area is 161 Å². The van der Waals surface area contributed by atoms with Crippen LogP contribution in [0.25, 0.3) is 11.5 Å². The molecule has 1 amide bonds. The Morgan fingerprint density at radius 1 is 1.26 bits per heavy atom. The third-order valence-electron chi connectivity index (χ3n) is 5.25. The van der Waals surface area contributed by atoms with Gasteiger partial charge in [-0.3, -0.25) is 4.79 Å². The van der Waals surface area contributed by atoms with Gasteiger partial charge in [-0.2, -0.15) is 0 Å². The number of oxazole rings is 1. The summed E-state index contributed by atoms with van der Waals surface area (Å²) in [5.41, 5.74) is 1.82. The predicted octanol–water partition coefficient (Wildman–Crippen LogP) is 4.82. The van der Waals surface area contributed by atoms with Crippen LogP contribution >= 0.6 is 0 Å². The van der Waals surface area contributed by atoms with Gasteiger partial charge >= 0.3 is 0 Å². The predicted molar refractivity (Wildman–Crippen MR) is 106 cm³/mol. The summed E-state index contributed by atoms with van der Waals surface area (Å²) in [4.78, 5) is 16.9. The number of nitrogens with zero attached hydrogens (tertiary/aromatic N) is 1. The number of methoxy groups -OCH3 is 1. The molecule has 1 aliphatic carbocycles. The van der Waals surface area contributed by atoms with Crippen molar-refractivity contribution in [2.75, 3.05) is 7.11 Å². The number of aryl methyl sites for hydroxylation is 2. The molecule has 0 unspecified atom stereocenters. The molecule has 5 nitrogen and oxygen atoms in total. The van der Waals surface area contributed by atoms with Crippen molar-refractivity contribution >= 4 is 5.91 Å². The van der Waals surface area contributed by atoms with Crippen LogP contribution in [0.5, 0.6) is 5.75 Å². The molecule has 2 aromatic rings. The summed E-state index contributed by atoms with van der Waals surface area (Å²) < 4.78 is 11.1. The number of hydrogen-bond acceptors (Lipinski definition) is 4. The number of amides is 1. The van der Waals surface area contributed by atoms with E-state index >= 15 is 0 Å². The van der Waals surface area contributed by atoms with Crippen molar-refractivity contribution in [2.45, 2.75) is 70.8 Å². The molecule has 0 radical (unpaired) electrons. The van der Waals surface area contributed by atoms with Gasteiger partial charge in [0.05, 0.1) is 12.8 Å². The number of hydrogen-bond donors (Lipinski definition) is 1. The Bertz CT molecular complexity index is 746. The lowest BCUT2D eigenvalue weighted by Crippen LogP contribution is -2.34. The Morgan fingerprint density at radius 3 is 2.78 bits per heavy atom. The minimum absolute atomic E-state index is 0.163. The molecule has 0 saturated heterocycles. The van der Waals surface area contributed by atoms with Crippen molar-refractivity contribution in [3.8, 4) is 17.2 Å². The van der Waals surface area contributed by atoms with Gasteiger partial charge in [0.25, 0.3) is 0 Å². The third kappa shape index (κ3) is 5.59. The first-order chi connectivity index (χ1) is 13.2. The lowest BCUT2D eigenvalue weighted by molar-refractivity contribution is -0.122. The highest BCUT2D eigenvalue weighted by Gasteiger charge is 2.16. The monoisotopic (exact) mass is 370 g/mol. The van der Waals surface area contributed by atoms with Crippen LogP contribution in [0.4, 0.5) is 0 Å². The zero-order valence-corrected chi connectivity index (χ0v) is 16.4. The van der Waals surface area contributed by atoms with E-state index in [2.05, 4.69) is 10.3 Å². The summed E-state index contributed by atoms with van der Waals surface area (Å²) in [7, 11) is 1.64. The van der Waals surface area contributed by atoms with E-state index in [0.29, 0.717) is 18.4 Å². The second-order valence-corrected chi connectivity index (χ2v) is 7.36. The van der Waals surface area contributed by atoms with Crippen LogP contribution in [0.1, 0.15) is 62.8 Å². The van der Waals surface area contributed by atoms with Crippen LogP contribution in [0.3, 0.4) is 0 Å². The summed E-state index contributed by atoms with van der Waals surface area (Å²) in [5.74, 6) is 2.36. The van der Waals surface area contributed by atoms with Crippen LogP contribution in [0.15, 0.2) is 28.7 Å². The Kier molecular flexibility index (Phi) is 6.91. The van der Waals surface area contributed by atoms with Gasteiger partial charge < -0.3 is 14.5 Å². The average Bonchev–Trinajstić information content (AvgIpc) is 2.87. The average molecular weight is 370 g/mol. The van der Waals surface area contributed by atoms with Crippen molar-refractivity contribution in [1.82, 2.24) is 10.3 Å².